The van der Waals surface area contributed by atoms with Gasteiger partial charge in [-0.05, 0) is 20.8 Å². The standard InChI is InChI=1S/C9H17IN2O2/c1-4-12(9(14)5-10)6-8(13)11-7(2)3/h7H,4-6H2,1-3H3,(H,11,13). The molecule has 0 aliphatic heterocycles. The number of rotatable bonds is 5. The molecule has 0 fully saturated rings. The molecule has 0 aliphatic carbocycles. The lowest BCUT2D eigenvalue weighted by atomic mass is 10.3. The molecule has 0 saturated heterocycles. The van der Waals surface area contributed by atoms with E-state index in [0.29, 0.717) is 11.0 Å². The lowest BCUT2D eigenvalue weighted by Gasteiger charge is -2.19. The monoisotopic (exact) mass is 312 g/mol. The Hall–Kier alpha value is -0.330. The van der Waals surface area contributed by atoms with Crippen LogP contribution in [0.3, 0.4) is 0 Å². The van der Waals surface area contributed by atoms with Crippen molar-refractivity contribution in [3.8, 4) is 0 Å². The van der Waals surface area contributed by atoms with Crippen LogP contribution in [-0.2, 0) is 9.59 Å². The minimum absolute atomic E-state index is 0.00649. The molecule has 82 valence electrons. The van der Waals surface area contributed by atoms with Gasteiger partial charge in [-0.2, -0.15) is 0 Å². The Morgan fingerprint density at radius 1 is 1.43 bits per heavy atom. The normalized spacial score (nSPS) is 10.1. The molecule has 0 aromatic heterocycles. The van der Waals surface area contributed by atoms with Crippen molar-refractivity contribution in [2.24, 2.45) is 0 Å². The first-order valence-corrected chi connectivity index (χ1v) is 6.16. The van der Waals surface area contributed by atoms with E-state index in [1.165, 1.54) is 0 Å². The summed E-state index contributed by atoms with van der Waals surface area (Å²) in [7, 11) is 0. The number of carbonyl (C=O) groups excluding carboxylic acids is 2. The molecular formula is C9H17IN2O2. The smallest absolute Gasteiger partial charge is 0.239 e. The van der Waals surface area contributed by atoms with Crippen LogP contribution in [-0.4, -0.2) is 40.3 Å². The quantitative estimate of drug-likeness (QED) is 0.603. The first kappa shape index (κ1) is 13.7. The Kier molecular flexibility index (Phi) is 6.86. The molecule has 14 heavy (non-hydrogen) atoms. The van der Waals surface area contributed by atoms with Crippen LogP contribution in [0.5, 0.6) is 0 Å². The van der Waals surface area contributed by atoms with Gasteiger partial charge in [0.1, 0.15) is 0 Å². The van der Waals surface area contributed by atoms with Crippen molar-refractivity contribution in [2.45, 2.75) is 26.8 Å². The molecule has 0 aromatic carbocycles. The molecule has 0 heterocycles. The molecule has 1 N–H and O–H groups in total. The molecule has 0 unspecified atom stereocenters. The number of alkyl halides is 1. The fraction of sp³-hybridized carbons (Fsp3) is 0.778. The molecule has 0 spiro atoms. The summed E-state index contributed by atoms with van der Waals surface area (Å²) in [6.45, 7) is 6.40. The number of hydrogen-bond donors (Lipinski definition) is 1. The van der Waals surface area contributed by atoms with Crippen LogP contribution in [0, 0.1) is 0 Å². The largest absolute Gasteiger partial charge is 0.352 e. The van der Waals surface area contributed by atoms with Crippen LogP contribution in [0.15, 0.2) is 0 Å². The van der Waals surface area contributed by atoms with E-state index in [4.69, 9.17) is 0 Å². The molecule has 0 radical (unpaired) electrons. The maximum Gasteiger partial charge on any atom is 0.239 e. The van der Waals surface area contributed by atoms with Gasteiger partial charge in [0.05, 0.1) is 11.0 Å². The fourth-order valence-corrected chi connectivity index (χ4v) is 1.48. The summed E-state index contributed by atoms with van der Waals surface area (Å²) in [6.07, 6.45) is 0. The summed E-state index contributed by atoms with van der Waals surface area (Å²) in [6, 6.07) is 0.121. The van der Waals surface area contributed by atoms with Gasteiger partial charge >= 0.3 is 0 Å². The highest BCUT2D eigenvalue weighted by Crippen LogP contribution is 1.94. The van der Waals surface area contributed by atoms with Crippen LogP contribution in [0.2, 0.25) is 0 Å². The zero-order valence-electron chi connectivity index (χ0n) is 8.84. The maximum absolute atomic E-state index is 11.3. The van der Waals surface area contributed by atoms with Crippen molar-refractivity contribution in [3.63, 3.8) is 0 Å². The summed E-state index contributed by atoms with van der Waals surface area (Å²) >= 11 is 2.00. The summed E-state index contributed by atoms with van der Waals surface area (Å²) in [5.74, 6) is -0.0907. The van der Waals surface area contributed by atoms with Crippen molar-refractivity contribution in [2.75, 3.05) is 17.5 Å². The Morgan fingerprint density at radius 3 is 2.36 bits per heavy atom. The topological polar surface area (TPSA) is 49.4 Å². The molecule has 0 atom stereocenters. The minimum atomic E-state index is -0.0972. The number of nitrogens with zero attached hydrogens (tertiary/aromatic N) is 1. The van der Waals surface area contributed by atoms with Crippen LogP contribution in [0.1, 0.15) is 20.8 Å². The number of hydrogen-bond acceptors (Lipinski definition) is 2. The SMILES string of the molecule is CCN(CC(=O)NC(C)C)C(=O)CI. The minimum Gasteiger partial charge on any atom is -0.352 e. The summed E-state index contributed by atoms with van der Waals surface area (Å²) < 4.78 is 0.417. The first-order chi connectivity index (χ1) is 6.51. The highest BCUT2D eigenvalue weighted by Gasteiger charge is 2.14. The molecular weight excluding hydrogens is 295 g/mol. The average Bonchev–Trinajstić information content (AvgIpc) is 2.11. The van der Waals surface area contributed by atoms with E-state index in [0.717, 1.165) is 0 Å². The molecule has 0 aliphatic rings. The predicted octanol–water partition coefficient (Wildman–Crippen LogP) is 0.794. The molecule has 2 amide bonds. The van der Waals surface area contributed by atoms with Crippen molar-refractivity contribution < 1.29 is 9.59 Å². The number of likely N-dealkylation sites (N-methyl/N-ethyl adjacent to an activating group) is 1. The van der Waals surface area contributed by atoms with Crippen molar-refractivity contribution in [1.82, 2.24) is 10.2 Å². The van der Waals surface area contributed by atoms with Gasteiger partial charge in [0.2, 0.25) is 11.8 Å². The summed E-state index contributed by atoms with van der Waals surface area (Å²) in [5.41, 5.74) is 0. The third kappa shape index (κ3) is 5.41. The first-order valence-electron chi connectivity index (χ1n) is 4.64. The molecule has 5 heteroatoms. The van der Waals surface area contributed by atoms with Gasteiger partial charge in [0, 0.05) is 12.6 Å². The fourth-order valence-electron chi connectivity index (χ4n) is 1.00. The van der Waals surface area contributed by atoms with Crippen LogP contribution in [0.25, 0.3) is 0 Å². The van der Waals surface area contributed by atoms with Crippen molar-refractivity contribution in [1.29, 1.82) is 0 Å². The van der Waals surface area contributed by atoms with Gasteiger partial charge in [-0.25, -0.2) is 0 Å². The van der Waals surface area contributed by atoms with E-state index in [1.54, 1.807) is 4.90 Å². The summed E-state index contributed by atoms with van der Waals surface area (Å²) in [4.78, 5) is 24.2. The second-order valence-electron chi connectivity index (χ2n) is 3.26. The second-order valence-corrected chi connectivity index (χ2v) is 4.03. The molecule has 0 saturated carbocycles. The molecule has 0 rings (SSSR count). The van der Waals surface area contributed by atoms with E-state index >= 15 is 0 Å². The summed E-state index contributed by atoms with van der Waals surface area (Å²) in [5, 5.41) is 2.75. The zero-order chi connectivity index (χ0) is 11.1. The van der Waals surface area contributed by atoms with Crippen LogP contribution < -0.4 is 5.32 Å². The van der Waals surface area contributed by atoms with Gasteiger partial charge in [0.25, 0.3) is 0 Å². The Bertz CT molecular complexity index is 207. The van der Waals surface area contributed by atoms with E-state index in [2.05, 4.69) is 5.32 Å². The lowest BCUT2D eigenvalue weighted by Crippen LogP contribution is -2.43. The van der Waals surface area contributed by atoms with Crippen LogP contribution >= 0.6 is 22.6 Å². The Balaban J connectivity index is 4.05. The van der Waals surface area contributed by atoms with Gasteiger partial charge in [0.15, 0.2) is 0 Å². The Labute approximate surface area is 98.6 Å². The second kappa shape index (κ2) is 7.03. The van der Waals surface area contributed by atoms with E-state index < -0.39 is 0 Å². The number of halogens is 1. The molecule has 4 nitrogen and oxygen atoms in total. The van der Waals surface area contributed by atoms with Gasteiger partial charge < -0.3 is 10.2 Å². The maximum atomic E-state index is 11.3. The van der Waals surface area contributed by atoms with Crippen LogP contribution in [0.4, 0.5) is 0 Å². The van der Waals surface area contributed by atoms with Crippen molar-refractivity contribution >= 4 is 34.4 Å². The molecule has 0 bridgehead atoms. The van der Waals surface area contributed by atoms with Crippen molar-refractivity contribution in [3.05, 3.63) is 0 Å². The third-order valence-electron chi connectivity index (χ3n) is 1.63. The van der Waals surface area contributed by atoms with E-state index in [9.17, 15) is 9.59 Å². The number of carbonyl (C=O) groups is 2. The van der Waals surface area contributed by atoms with Gasteiger partial charge in [-0.15, -0.1) is 0 Å². The lowest BCUT2D eigenvalue weighted by molar-refractivity contribution is -0.133. The predicted molar refractivity (Wildman–Crippen MR) is 64.4 cm³/mol. The molecule has 0 aromatic rings. The zero-order valence-corrected chi connectivity index (χ0v) is 11.0. The highest BCUT2D eigenvalue weighted by atomic mass is 127. The van der Waals surface area contributed by atoms with E-state index in [1.807, 2.05) is 43.4 Å². The third-order valence-corrected chi connectivity index (χ3v) is 2.29. The van der Waals surface area contributed by atoms with E-state index in [-0.39, 0.29) is 24.4 Å². The van der Waals surface area contributed by atoms with Gasteiger partial charge in [-0.1, -0.05) is 22.6 Å². The van der Waals surface area contributed by atoms with Gasteiger partial charge in [-0.3, -0.25) is 9.59 Å². The number of nitrogens with one attached hydrogen (secondary N) is 1. The Morgan fingerprint density at radius 2 is 2.00 bits per heavy atom. The number of amides is 2. The average molecular weight is 312 g/mol. The highest BCUT2D eigenvalue weighted by molar-refractivity contribution is 14.1.